The van der Waals surface area contributed by atoms with Gasteiger partial charge in [-0.3, -0.25) is 0 Å². The Morgan fingerprint density at radius 3 is 2.86 bits per heavy atom. The van der Waals surface area contributed by atoms with Crippen LogP contribution in [0.4, 0.5) is 0 Å². The smallest absolute Gasteiger partial charge is 0.119 e. The van der Waals surface area contributed by atoms with Gasteiger partial charge in [0.05, 0.1) is 12.6 Å². The lowest BCUT2D eigenvalue weighted by Gasteiger charge is -2.29. The van der Waals surface area contributed by atoms with Crippen molar-refractivity contribution in [2.24, 2.45) is 5.92 Å². The summed E-state index contributed by atoms with van der Waals surface area (Å²) in [6, 6.07) is 14.9. The summed E-state index contributed by atoms with van der Waals surface area (Å²) in [5.41, 5.74) is 5.05. The second kappa shape index (κ2) is 8.02. The van der Waals surface area contributed by atoms with Crippen molar-refractivity contribution in [1.82, 2.24) is 15.2 Å². The summed E-state index contributed by atoms with van der Waals surface area (Å²) in [4.78, 5) is 6.02. The summed E-state index contributed by atoms with van der Waals surface area (Å²) < 4.78 is 6.10. The molecule has 2 aliphatic rings. The van der Waals surface area contributed by atoms with Crippen LogP contribution < -0.4 is 10.1 Å². The molecule has 2 aliphatic heterocycles. The van der Waals surface area contributed by atoms with Gasteiger partial charge < -0.3 is 19.9 Å². The van der Waals surface area contributed by atoms with Crippen molar-refractivity contribution in [2.45, 2.75) is 25.3 Å². The summed E-state index contributed by atoms with van der Waals surface area (Å²) in [5, 5.41) is 5.70. The number of hydrogen-bond donors (Lipinski definition) is 2. The minimum atomic E-state index is 0.172. The molecule has 4 nitrogen and oxygen atoms in total. The van der Waals surface area contributed by atoms with Crippen molar-refractivity contribution in [3.8, 4) is 5.75 Å². The molecule has 1 aromatic heterocycles. The molecule has 5 heteroatoms. The molecule has 2 aromatic carbocycles. The highest BCUT2D eigenvalue weighted by Gasteiger charge is 2.25. The molecule has 5 rings (SSSR count). The van der Waals surface area contributed by atoms with Gasteiger partial charge in [-0.15, -0.1) is 0 Å². The van der Waals surface area contributed by atoms with Crippen LogP contribution in [0, 0.1) is 5.92 Å². The van der Waals surface area contributed by atoms with E-state index >= 15 is 0 Å². The number of aromatic nitrogens is 1. The molecule has 0 bridgehead atoms. The first-order valence-corrected chi connectivity index (χ1v) is 11.0. The van der Waals surface area contributed by atoms with Crippen LogP contribution in [0.15, 0.2) is 42.5 Å². The van der Waals surface area contributed by atoms with Crippen LogP contribution >= 0.6 is 11.6 Å². The largest absolute Gasteiger partial charge is 0.493 e. The van der Waals surface area contributed by atoms with E-state index in [1.807, 2.05) is 6.07 Å². The first-order valence-electron chi connectivity index (χ1n) is 10.6. The molecule has 152 valence electrons. The number of benzene rings is 2. The molecule has 3 heterocycles. The highest BCUT2D eigenvalue weighted by molar-refractivity contribution is 6.31. The Balaban J connectivity index is 1.33. The Kier molecular flexibility index (Phi) is 5.25. The second-order valence-electron chi connectivity index (χ2n) is 8.49. The third-order valence-corrected chi connectivity index (χ3v) is 6.57. The zero-order chi connectivity index (χ0) is 19.8. The number of hydrogen-bond acceptors (Lipinski definition) is 3. The van der Waals surface area contributed by atoms with E-state index in [9.17, 15) is 0 Å². The molecule has 29 heavy (non-hydrogen) atoms. The third kappa shape index (κ3) is 3.89. The molecule has 0 spiro atoms. The van der Waals surface area contributed by atoms with E-state index < -0.39 is 0 Å². The van der Waals surface area contributed by atoms with Crippen LogP contribution in [0.3, 0.4) is 0 Å². The van der Waals surface area contributed by atoms with Crippen LogP contribution in [0.2, 0.25) is 5.02 Å². The fourth-order valence-electron chi connectivity index (χ4n) is 4.86. The SMILES string of the molecule is CN1CCCC(COc2ccc(C3NCCc4c3[nH]c3ccc(Cl)cc43)cc2)C1. The molecule has 0 amide bonds. The topological polar surface area (TPSA) is 40.3 Å². The van der Waals surface area contributed by atoms with Gasteiger partial charge in [0.15, 0.2) is 0 Å². The van der Waals surface area contributed by atoms with E-state index in [0.29, 0.717) is 5.92 Å². The third-order valence-electron chi connectivity index (χ3n) is 6.33. The first-order chi connectivity index (χ1) is 14.2. The van der Waals surface area contributed by atoms with E-state index in [1.54, 1.807) is 0 Å². The van der Waals surface area contributed by atoms with Gasteiger partial charge in [0.2, 0.25) is 0 Å². The standard InChI is InChI=1S/C24H28ClN3O/c1-28-12-2-3-16(14-28)15-29-19-7-4-17(5-8-19)23-24-20(10-11-26-23)21-13-18(25)6-9-22(21)27-24/h4-9,13,16,23,26-27H,2-3,10-12,14-15H2,1H3. The van der Waals surface area contributed by atoms with Gasteiger partial charge in [0.25, 0.3) is 0 Å². The van der Waals surface area contributed by atoms with Crippen molar-refractivity contribution in [3.05, 3.63) is 64.3 Å². The number of fused-ring (bicyclic) bond motifs is 3. The van der Waals surface area contributed by atoms with Gasteiger partial charge in [-0.05, 0) is 74.3 Å². The molecular formula is C24H28ClN3O. The normalized spacial score (nSPS) is 22.6. The monoisotopic (exact) mass is 409 g/mol. The van der Waals surface area contributed by atoms with E-state index in [1.165, 1.54) is 41.6 Å². The molecule has 0 radical (unpaired) electrons. The Hall–Kier alpha value is -2.01. The highest BCUT2D eigenvalue weighted by Crippen LogP contribution is 2.35. The molecule has 2 unspecified atom stereocenters. The maximum absolute atomic E-state index is 6.24. The summed E-state index contributed by atoms with van der Waals surface area (Å²) in [6.07, 6.45) is 3.56. The van der Waals surface area contributed by atoms with Crippen molar-refractivity contribution in [1.29, 1.82) is 0 Å². The molecule has 1 saturated heterocycles. The lowest BCUT2D eigenvalue weighted by atomic mass is 9.94. The van der Waals surface area contributed by atoms with Crippen molar-refractivity contribution in [3.63, 3.8) is 0 Å². The molecule has 2 N–H and O–H groups in total. The van der Waals surface area contributed by atoms with Gasteiger partial charge in [0, 0.05) is 40.6 Å². The number of H-pyrrole nitrogens is 1. The van der Waals surface area contributed by atoms with E-state index in [2.05, 4.69) is 58.6 Å². The molecular weight excluding hydrogens is 382 g/mol. The fourth-order valence-corrected chi connectivity index (χ4v) is 5.04. The van der Waals surface area contributed by atoms with Crippen molar-refractivity contribution >= 4 is 22.5 Å². The molecule has 0 aliphatic carbocycles. The molecule has 2 atom stereocenters. The quantitative estimate of drug-likeness (QED) is 0.651. The number of nitrogens with one attached hydrogen (secondary N) is 2. The maximum Gasteiger partial charge on any atom is 0.119 e. The Morgan fingerprint density at radius 2 is 2.03 bits per heavy atom. The average molecular weight is 410 g/mol. The van der Waals surface area contributed by atoms with Crippen LogP contribution in [-0.4, -0.2) is 43.2 Å². The molecule has 0 saturated carbocycles. The number of likely N-dealkylation sites (tertiary alicyclic amines) is 1. The van der Waals surface area contributed by atoms with Crippen LogP contribution in [-0.2, 0) is 6.42 Å². The number of aromatic amines is 1. The van der Waals surface area contributed by atoms with Crippen molar-refractivity contribution in [2.75, 3.05) is 33.3 Å². The van der Waals surface area contributed by atoms with Gasteiger partial charge in [-0.25, -0.2) is 0 Å². The predicted molar refractivity (Wildman–Crippen MR) is 119 cm³/mol. The number of nitrogens with zero attached hydrogens (tertiary/aromatic N) is 1. The Labute approximate surface area is 177 Å². The van der Waals surface area contributed by atoms with E-state index in [-0.39, 0.29) is 6.04 Å². The Bertz CT molecular complexity index is 997. The van der Waals surface area contributed by atoms with Crippen LogP contribution in [0.1, 0.15) is 35.7 Å². The summed E-state index contributed by atoms with van der Waals surface area (Å²) in [6.45, 7) is 4.11. The zero-order valence-electron chi connectivity index (χ0n) is 16.9. The number of piperidine rings is 1. The van der Waals surface area contributed by atoms with Crippen LogP contribution in [0.5, 0.6) is 5.75 Å². The van der Waals surface area contributed by atoms with Crippen molar-refractivity contribution < 1.29 is 4.74 Å². The van der Waals surface area contributed by atoms with Gasteiger partial charge >= 0.3 is 0 Å². The van der Waals surface area contributed by atoms with E-state index in [0.717, 1.165) is 42.4 Å². The summed E-state index contributed by atoms with van der Waals surface area (Å²) >= 11 is 6.24. The summed E-state index contributed by atoms with van der Waals surface area (Å²) in [7, 11) is 2.20. The Morgan fingerprint density at radius 1 is 1.17 bits per heavy atom. The average Bonchev–Trinajstić information content (AvgIpc) is 3.11. The minimum Gasteiger partial charge on any atom is -0.493 e. The minimum absolute atomic E-state index is 0.172. The van der Waals surface area contributed by atoms with Gasteiger partial charge in [-0.1, -0.05) is 23.7 Å². The van der Waals surface area contributed by atoms with Gasteiger partial charge in [0.1, 0.15) is 5.75 Å². The maximum atomic E-state index is 6.24. The molecule has 1 fully saturated rings. The fraction of sp³-hybridized carbons (Fsp3) is 0.417. The first kappa shape index (κ1) is 19.0. The predicted octanol–water partition coefficient (Wildman–Crippen LogP) is 4.78. The van der Waals surface area contributed by atoms with Gasteiger partial charge in [-0.2, -0.15) is 0 Å². The number of ether oxygens (including phenoxy) is 1. The summed E-state index contributed by atoms with van der Waals surface area (Å²) in [5.74, 6) is 1.59. The second-order valence-corrected chi connectivity index (χ2v) is 8.93. The lowest BCUT2D eigenvalue weighted by molar-refractivity contribution is 0.150. The number of rotatable bonds is 4. The molecule has 3 aromatic rings. The van der Waals surface area contributed by atoms with E-state index in [4.69, 9.17) is 16.3 Å². The lowest BCUT2D eigenvalue weighted by Crippen LogP contribution is -2.34. The zero-order valence-corrected chi connectivity index (χ0v) is 17.6. The number of halogens is 1. The van der Waals surface area contributed by atoms with Crippen LogP contribution in [0.25, 0.3) is 10.9 Å². The highest BCUT2D eigenvalue weighted by atomic mass is 35.5.